The van der Waals surface area contributed by atoms with Crippen LogP contribution < -0.4 is 11.2 Å². The van der Waals surface area contributed by atoms with Crippen molar-refractivity contribution in [3.63, 3.8) is 0 Å². The Hall–Kier alpha value is -2.57. The van der Waals surface area contributed by atoms with E-state index in [9.17, 15) is 19.5 Å². The molecule has 2 aromatic rings. The third kappa shape index (κ3) is 1.78. The van der Waals surface area contributed by atoms with Crippen LogP contribution in [-0.2, 0) is 11.3 Å². The molecular weight excluding hydrogens is 228 g/mol. The standard InChI is InChI=1S/C10H8N2O5/c13-6-3-1-2-5-8(6)11-10(17)12(9(5)16)4-7(14)15/h1-3,13H,4H2,(H,11,17)(H,14,15). The molecule has 0 radical (unpaired) electrons. The van der Waals surface area contributed by atoms with E-state index in [1.165, 1.54) is 18.2 Å². The Bertz CT molecular complexity index is 713. The molecule has 0 fully saturated rings. The minimum absolute atomic E-state index is 0.00383. The van der Waals surface area contributed by atoms with Crippen molar-refractivity contribution < 1.29 is 15.0 Å². The molecule has 7 nitrogen and oxygen atoms in total. The molecule has 0 aliphatic rings. The number of rotatable bonds is 2. The van der Waals surface area contributed by atoms with Crippen molar-refractivity contribution in [2.45, 2.75) is 6.54 Å². The van der Waals surface area contributed by atoms with E-state index < -0.39 is 23.8 Å². The second kappa shape index (κ2) is 3.78. The smallest absolute Gasteiger partial charge is 0.329 e. The van der Waals surface area contributed by atoms with Gasteiger partial charge in [-0.2, -0.15) is 0 Å². The number of nitrogens with zero attached hydrogens (tertiary/aromatic N) is 1. The summed E-state index contributed by atoms with van der Waals surface area (Å²) in [7, 11) is 0. The van der Waals surface area contributed by atoms with Crippen molar-refractivity contribution >= 4 is 16.9 Å². The van der Waals surface area contributed by atoms with E-state index in [-0.39, 0.29) is 16.7 Å². The van der Waals surface area contributed by atoms with E-state index in [1.54, 1.807) is 0 Å². The molecule has 17 heavy (non-hydrogen) atoms. The maximum Gasteiger partial charge on any atom is 0.329 e. The van der Waals surface area contributed by atoms with Crippen LogP contribution in [0, 0.1) is 0 Å². The molecule has 1 aromatic carbocycles. The molecule has 1 heterocycles. The van der Waals surface area contributed by atoms with Gasteiger partial charge in [-0.15, -0.1) is 0 Å². The number of benzene rings is 1. The lowest BCUT2D eigenvalue weighted by Crippen LogP contribution is -2.37. The molecule has 0 saturated heterocycles. The number of carboxylic acids is 1. The molecule has 0 saturated carbocycles. The van der Waals surface area contributed by atoms with Gasteiger partial charge < -0.3 is 15.2 Å². The van der Waals surface area contributed by atoms with Crippen LogP contribution in [0.4, 0.5) is 0 Å². The molecule has 0 spiro atoms. The normalized spacial score (nSPS) is 10.6. The Morgan fingerprint density at radius 2 is 2.06 bits per heavy atom. The third-order valence-electron chi connectivity index (χ3n) is 2.29. The van der Waals surface area contributed by atoms with Crippen molar-refractivity contribution in [2.75, 3.05) is 0 Å². The number of aromatic nitrogens is 2. The lowest BCUT2D eigenvalue weighted by Gasteiger charge is -2.04. The number of phenols is 1. The summed E-state index contributed by atoms with van der Waals surface area (Å²) in [4.78, 5) is 36.1. The van der Waals surface area contributed by atoms with Gasteiger partial charge >= 0.3 is 11.7 Å². The first-order chi connectivity index (χ1) is 8.00. The van der Waals surface area contributed by atoms with Crippen LogP contribution in [-0.4, -0.2) is 25.7 Å². The highest BCUT2D eigenvalue weighted by molar-refractivity contribution is 5.83. The molecule has 0 atom stereocenters. The maximum absolute atomic E-state index is 11.8. The summed E-state index contributed by atoms with van der Waals surface area (Å²) in [6.45, 7) is -0.722. The minimum atomic E-state index is -1.29. The Balaban J connectivity index is 2.86. The van der Waals surface area contributed by atoms with Crippen molar-refractivity contribution in [3.8, 4) is 5.75 Å². The van der Waals surface area contributed by atoms with Crippen LogP contribution in [0.25, 0.3) is 10.9 Å². The van der Waals surface area contributed by atoms with Crippen molar-refractivity contribution in [1.82, 2.24) is 9.55 Å². The highest BCUT2D eigenvalue weighted by Gasteiger charge is 2.11. The van der Waals surface area contributed by atoms with Gasteiger partial charge in [0, 0.05) is 0 Å². The number of aromatic amines is 1. The topological polar surface area (TPSA) is 112 Å². The van der Waals surface area contributed by atoms with Crippen LogP contribution in [0.3, 0.4) is 0 Å². The van der Waals surface area contributed by atoms with Gasteiger partial charge in [0.1, 0.15) is 12.3 Å². The first-order valence-corrected chi connectivity index (χ1v) is 4.67. The zero-order valence-corrected chi connectivity index (χ0v) is 8.51. The number of carboxylic acid groups (broad SMARTS) is 1. The highest BCUT2D eigenvalue weighted by atomic mass is 16.4. The monoisotopic (exact) mass is 236 g/mol. The zero-order chi connectivity index (χ0) is 12.6. The van der Waals surface area contributed by atoms with Crippen molar-refractivity contribution in [2.24, 2.45) is 0 Å². The number of para-hydroxylation sites is 1. The number of hydrogen-bond acceptors (Lipinski definition) is 4. The van der Waals surface area contributed by atoms with Crippen LogP contribution in [0.5, 0.6) is 5.75 Å². The lowest BCUT2D eigenvalue weighted by molar-refractivity contribution is -0.137. The predicted octanol–water partition coefficient (Wildman–Crippen LogP) is -0.520. The molecule has 0 unspecified atom stereocenters. The summed E-state index contributed by atoms with van der Waals surface area (Å²) < 4.78 is 0.560. The lowest BCUT2D eigenvalue weighted by atomic mass is 10.2. The van der Waals surface area contributed by atoms with E-state index in [1.807, 2.05) is 0 Å². The van der Waals surface area contributed by atoms with Crippen LogP contribution in [0.2, 0.25) is 0 Å². The molecule has 7 heteroatoms. The van der Waals surface area contributed by atoms with Gasteiger partial charge in [0.15, 0.2) is 0 Å². The van der Waals surface area contributed by atoms with E-state index in [2.05, 4.69) is 4.98 Å². The highest BCUT2D eigenvalue weighted by Crippen LogP contribution is 2.17. The number of hydrogen-bond donors (Lipinski definition) is 3. The Kier molecular flexibility index (Phi) is 2.43. The van der Waals surface area contributed by atoms with Crippen LogP contribution in [0.15, 0.2) is 27.8 Å². The van der Waals surface area contributed by atoms with Crippen molar-refractivity contribution in [1.29, 1.82) is 0 Å². The van der Waals surface area contributed by atoms with Gasteiger partial charge in [-0.25, -0.2) is 9.36 Å². The molecule has 0 aliphatic carbocycles. The van der Waals surface area contributed by atoms with Crippen LogP contribution in [0.1, 0.15) is 0 Å². The third-order valence-corrected chi connectivity index (χ3v) is 2.29. The molecule has 3 N–H and O–H groups in total. The second-order valence-electron chi connectivity index (χ2n) is 3.41. The van der Waals surface area contributed by atoms with Gasteiger partial charge in [-0.3, -0.25) is 9.59 Å². The summed E-state index contributed by atoms with van der Waals surface area (Å²) in [6, 6.07) is 4.15. The summed E-state index contributed by atoms with van der Waals surface area (Å²) in [5, 5.41) is 18.1. The second-order valence-corrected chi connectivity index (χ2v) is 3.41. The zero-order valence-electron chi connectivity index (χ0n) is 8.51. The van der Waals surface area contributed by atoms with Crippen molar-refractivity contribution in [3.05, 3.63) is 39.0 Å². The summed E-state index contributed by atoms with van der Waals surface area (Å²) >= 11 is 0. The molecular formula is C10H8N2O5. The first kappa shape index (κ1) is 10.9. The first-order valence-electron chi connectivity index (χ1n) is 4.67. The average molecular weight is 236 g/mol. The number of phenolic OH excluding ortho intramolecular Hbond substituents is 1. The van der Waals surface area contributed by atoms with E-state index in [0.29, 0.717) is 4.57 Å². The molecule has 1 aromatic heterocycles. The van der Waals surface area contributed by atoms with E-state index >= 15 is 0 Å². The fourth-order valence-electron chi connectivity index (χ4n) is 1.54. The van der Waals surface area contributed by atoms with E-state index in [4.69, 9.17) is 5.11 Å². The number of aliphatic carboxylic acids is 1. The summed E-state index contributed by atoms with van der Waals surface area (Å²) in [5.41, 5.74) is -1.61. The maximum atomic E-state index is 11.8. The molecule has 0 bridgehead atoms. The molecule has 2 rings (SSSR count). The van der Waals surface area contributed by atoms with Gasteiger partial charge in [0.05, 0.1) is 10.9 Å². The Morgan fingerprint density at radius 3 is 2.71 bits per heavy atom. The number of nitrogens with one attached hydrogen (secondary N) is 1. The summed E-state index contributed by atoms with van der Waals surface area (Å²) in [5.74, 6) is -1.53. The average Bonchev–Trinajstić information content (AvgIpc) is 2.26. The van der Waals surface area contributed by atoms with Gasteiger partial charge in [0.25, 0.3) is 5.56 Å². The quantitative estimate of drug-likeness (QED) is 0.649. The number of aromatic hydroxyl groups is 1. The van der Waals surface area contributed by atoms with E-state index in [0.717, 1.165) is 0 Å². The van der Waals surface area contributed by atoms with Gasteiger partial charge in [-0.1, -0.05) is 6.07 Å². The fraction of sp³-hybridized carbons (Fsp3) is 0.100. The molecule has 0 amide bonds. The fourth-order valence-corrected chi connectivity index (χ4v) is 1.54. The Labute approximate surface area is 93.6 Å². The number of fused-ring (bicyclic) bond motifs is 1. The molecule has 88 valence electrons. The Morgan fingerprint density at radius 1 is 1.35 bits per heavy atom. The number of H-pyrrole nitrogens is 1. The van der Waals surface area contributed by atoms with Gasteiger partial charge in [0.2, 0.25) is 0 Å². The predicted molar refractivity (Wildman–Crippen MR) is 58.1 cm³/mol. The minimum Gasteiger partial charge on any atom is -0.506 e. The number of carbonyl (C=O) groups is 1. The van der Waals surface area contributed by atoms with Gasteiger partial charge in [-0.05, 0) is 12.1 Å². The summed E-state index contributed by atoms with van der Waals surface area (Å²) in [6.07, 6.45) is 0. The van der Waals surface area contributed by atoms with Crippen LogP contribution >= 0.6 is 0 Å². The molecule has 0 aliphatic heterocycles. The largest absolute Gasteiger partial charge is 0.506 e. The SMILES string of the molecule is O=C(O)Cn1c(=O)[nH]c2c(O)cccc2c1=O.